The molecule has 0 amide bonds. The first-order chi connectivity index (χ1) is 23.3. The van der Waals surface area contributed by atoms with Gasteiger partial charge in [0.25, 0.3) is 5.56 Å². The third kappa shape index (κ3) is 7.10. The Bertz CT molecular complexity index is 2180. The predicted octanol–water partition coefficient (Wildman–Crippen LogP) is 7.77. The average molecular weight is 807 g/mol. The van der Waals surface area contributed by atoms with Crippen molar-refractivity contribution in [3.05, 3.63) is 147 Å². The molecule has 0 saturated heterocycles. The van der Waals surface area contributed by atoms with Gasteiger partial charge in [0.2, 0.25) is 0 Å². The van der Waals surface area contributed by atoms with Crippen LogP contribution in [0.1, 0.15) is 35.2 Å². The van der Waals surface area contributed by atoms with E-state index in [1.807, 2.05) is 97.3 Å². The number of methoxy groups -OCH3 is 1. The fourth-order valence-electron chi connectivity index (χ4n) is 5.39. The summed E-state index contributed by atoms with van der Waals surface area (Å²) in [6, 6.07) is 28.3. The third-order valence-electron chi connectivity index (χ3n) is 7.65. The van der Waals surface area contributed by atoms with Crippen LogP contribution in [0.2, 0.25) is 0 Å². The van der Waals surface area contributed by atoms with Gasteiger partial charge >= 0.3 is 5.97 Å². The Morgan fingerprint density at radius 1 is 1.02 bits per heavy atom. The molecule has 5 aromatic rings. The summed E-state index contributed by atoms with van der Waals surface area (Å²) in [6.45, 7) is 2.30. The second kappa shape index (κ2) is 15.1. The number of fused-ring (bicyclic) bond motifs is 1. The molecule has 0 fully saturated rings. The van der Waals surface area contributed by atoms with E-state index in [0.717, 1.165) is 31.6 Å². The molecule has 1 aromatic heterocycles. The van der Waals surface area contributed by atoms with Gasteiger partial charge in [0.1, 0.15) is 6.61 Å². The number of ether oxygens (including phenoxy) is 3. The number of hydrogen-bond donors (Lipinski definition) is 0. The molecular weight excluding hydrogens is 776 g/mol. The van der Waals surface area contributed by atoms with Gasteiger partial charge in [-0.2, -0.15) is 0 Å². The zero-order chi connectivity index (χ0) is 33.8. The largest absolute Gasteiger partial charge is 0.493 e. The highest BCUT2D eigenvalue weighted by molar-refractivity contribution is 9.10. The number of thiazole rings is 1. The molecule has 0 bridgehead atoms. The Hall–Kier alpha value is -3.90. The highest BCUT2D eigenvalue weighted by Gasteiger charge is 2.35. The zero-order valence-corrected chi connectivity index (χ0v) is 31.0. The van der Waals surface area contributed by atoms with E-state index in [4.69, 9.17) is 19.2 Å². The Morgan fingerprint density at radius 3 is 2.42 bits per heavy atom. The monoisotopic (exact) mass is 804 g/mol. The minimum atomic E-state index is -0.746. The van der Waals surface area contributed by atoms with Crippen molar-refractivity contribution >= 4 is 72.7 Å². The molecule has 1 atom stereocenters. The van der Waals surface area contributed by atoms with Crippen molar-refractivity contribution < 1.29 is 19.0 Å². The SMILES string of the molecule is CCOC(=O)C1=C(c2ccccc2)N=c2s/c(=C\c3cc(Br)c(OCc4ccc(Br)cc4)c(OC)c3)c(=O)n2[C@H]1c1ccc(SC)cc1. The summed E-state index contributed by atoms with van der Waals surface area (Å²) in [4.78, 5) is 34.5. The van der Waals surface area contributed by atoms with Crippen molar-refractivity contribution in [3.8, 4) is 11.5 Å². The Labute approximate surface area is 302 Å². The Kier molecular flexibility index (Phi) is 10.7. The number of nitrogens with zero attached hydrogens (tertiary/aromatic N) is 2. The van der Waals surface area contributed by atoms with Crippen LogP contribution in [0.5, 0.6) is 11.5 Å². The normalized spacial score (nSPS) is 14.4. The standard InChI is InChI=1S/C37H30Br2N2O5S2/c1-4-45-36(43)31-32(24-8-6-5-7-9-24)40-37-41(33(31)25-12-16-27(47-3)17-13-25)35(42)30(48-37)20-23-18-28(39)34(29(19-23)44-2)46-21-22-10-14-26(38)15-11-22/h5-20,33H,4,21H2,1-3H3/b30-20-/t33-/m0/s1. The minimum Gasteiger partial charge on any atom is -0.493 e. The lowest BCUT2D eigenvalue weighted by molar-refractivity contribution is -0.138. The van der Waals surface area contributed by atoms with E-state index in [9.17, 15) is 9.59 Å². The fourth-order valence-corrected chi connectivity index (χ4v) is 7.64. The van der Waals surface area contributed by atoms with Gasteiger partial charge in [-0.25, -0.2) is 9.79 Å². The molecule has 0 saturated carbocycles. The molecule has 0 aliphatic carbocycles. The number of thioether (sulfide) groups is 1. The minimum absolute atomic E-state index is 0.187. The van der Waals surface area contributed by atoms with Crippen molar-refractivity contribution in [1.29, 1.82) is 0 Å². The summed E-state index contributed by atoms with van der Waals surface area (Å²) in [5.41, 5.74) is 3.81. The van der Waals surface area contributed by atoms with Crippen LogP contribution in [0.25, 0.3) is 11.8 Å². The quantitative estimate of drug-likeness (QED) is 0.106. The number of carbonyl (C=O) groups is 1. The number of esters is 1. The maximum absolute atomic E-state index is 14.3. The van der Waals surface area contributed by atoms with Gasteiger partial charge in [-0.05, 0) is 88.3 Å². The summed E-state index contributed by atoms with van der Waals surface area (Å²) in [5.74, 6) is 0.559. The van der Waals surface area contributed by atoms with E-state index in [1.165, 1.54) is 11.3 Å². The lowest BCUT2D eigenvalue weighted by Crippen LogP contribution is -2.40. The Morgan fingerprint density at radius 2 is 1.75 bits per heavy atom. The van der Waals surface area contributed by atoms with Crippen molar-refractivity contribution in [2.45, 2.75) is 24.5 Å². The van der Waals surface area contributed by atoms with Gasteiger partial charge in [-0.1, -0.05) is 81.9 Å². The van der Waals surface area contributed by atoms with E-state index < -0.39 is 12.0 Å². The van der Waals surface area contributed by atoms with Crippen LogP contribution in [0.4, 0.5) is 0 Å². The number of benzene rings is 4. The smallest absolute Gasteiger partial charge is 0.338 e. The van der Waals surface area contributed by atoms with Gasteiger partial charge in [0.05, 0.1) is 40.0 Å². The molecule has 6 rings (SSSR count). The fraction of sp³-hybridized carbons (Fsp3) is 0.162. The summed E-state index contributed by atoms with van der Waals surface area (Å²) >= 11 is 9.99. The molecule has 0 N–H and O–H groups in total. The summed E-state index contributed by atoms with van der Waals surface area (Å²) in [7, 11) is 1.58. The lowest BCUT2D eigenvalue weighted by Gasteiger charge is -2.26. The molecule has 7 nitrogen and oxygen atoms in total. The molecule has 48 heavy (non-hydrogen) atoms. The number of rotatable bonds is 10. The van der Waals surface area contributed by atoms with E-state index in [2.05, 4.69) is 31.9 Å². The lowest BCUT2D eigenvalue weighted by atomic mass is 9.93. The van der Waals surface area contributed by atoms with Crippen LogP contribution in [-0.2, 0) is 16.1 Å². The highest BCUT2D eigenvalue weighted by Crippen LogP contribution is 2.38. The first-order valence-corrected chi connectivity index (χ1v) is 18.6. The van der Waals surface area contributed by atoms with Crippen LogP contribution in [0.15, 0.2) is 120 Å². The number of halogens is 2. The van der Waals surface area contributed by atoms with E-state index >= 15 is 0 Å². The van der Waals surface area contributed by atoms with E-state index in [-0.39, 0.29) is 12.2 Å². The molecule has 11 heteroatoms. The maximum Gasteiger partial charge on any atom is 0.338 e. The molecule has 2 heterocycles. The van der Waals surface area contributed by atoms with Crippen LogP contribution in [0.3, 0.4) is 0 Å². The molecular formula is C37H30Br2N2O5S2. The van der Waals surface area contributed by atoms with E-state index in [0.29, 0.717) is 43.2 Å². The maximum atomic E-state index is 14.3. The second-order valence-electron chi connectivity index (χ2n) is 10.7. The van der Waals surface area contributed by atoms with Crippen molar-refractivity contribution in [2.75, 3.05) is 20.0 Å². The van der Waals surface area contributed by atoms with Gasteiger partial charge < -0.3 is 14.2 Å². The van der Waals surface area contributed by atoms with Gasteiger partial charge in [0.15, 0.2) is 16.3 Å². The topological polar surface area (TPSA) is 79.1 Å². The Balaban J connectivity index is 1.49. The van der Waals surface area contributed by atoms with Crippen LogP contribution < -0.4 is 24.4 Å². The average Bonchev–Trinajstić information content (AvgIpc) is 3.41. The van der Waals surface area contributed by atoms with Gasteiger partial charge in [-0.15, -0.1) is 11.8 Å². The summed E-state index contributed by atoms with van der Waals surface area (Å²) < 4.78 is 21.1. The van der Waals surface area contributed by atoms with Gasteiger partial charge in [-0.3, -0.25) is 9.36 Å². The first kappa shape index (κ1) is 34.0. The third-order valence-corrected chi connectivity index (χ3v) is 10.5. The second-order valence-corrected chi connectivity index (χ2v) is 14.3. The molecule has 1 aliphatic heterocycles. The number of aromatic nitrogens is 1. The molecule has 244 valence electrons. The molecule has 1 aliphatic rings. The van der Waals surface area contributed by atoms with Crippen LogP contribution in [-0.4, -0.2) is 30.5 Å². The highest BCUT2D eigenvalue weighted by atomic mass is 79.9. The zero-order valence-electron chi connectivity index (χ0n) is 26.2. The predicted molar refractivity (Wildman–Crippen MR) is 198 cm³/mol. The number of carbonyl (C=O) groups excluding carboxylic acids is 1. The number of hydrogen-bond acceptors (Lipinski definition) is 8. The van der Waals surface area contributed by atoms with Crippen molar-refractivity contribution in [2.24, 2.45) is 4.99 Å². The van der Waals surface area contributed by atoms with E-state index in [1.54, 1.807) is 36.4 Å². The summed E-state index contributed by atoms with van der Waals surface area (Å²) in [5, 5.41) is 0. The van der Waals surface area contributed by atoms with Crippen LogP contribution >= 0.6 is 55.0 Å². The van der Waals surface area contributed by atoms with Crippen LogP contribution in [0, 0.1) is 0 Å². The molecule has 0 radical (unpaired) electrons. The first-order valence-electron chi connectivity index (χ1n) is 15.0. The molecule has 4 aromatic carbocycles. The molecule has 0 unspecified atom stereocenters. The van der Waals surface area contributed by atoms with Crippen molar-refractivity contribution in [3.63, 3.8) is 0 Å². The van der Waals surface area contributed by atoms with Crippen molar-refractivity contribution in [1.82, 2.24) is 4.57 Å². The van der Waals surface area contributed by atoms with Gasteiger partial charge in [0, 0.05) is 14.9 Å². The molecule has 0 spiro atoms. The summed E-state index contributed by atoms with van der Waals surface area (Å²) in [6.07, 6.45) is 3.81.